The Labute approximate surface area is 194 Å². The molecule has 1 aromatic rings. The van der Waals surface area contributed by atoms with E-state index in [0.717, 1.165) is 50.3 Å². The van der Waals surface area contributed by atoms with Gasteiger partial charge in [-0.25, -0.2) is 0 Å². The highest BCUT2D eigenvalue weighted by Gasteiger charge is 2.39. The van der Waals surface area contributed by atoms with Gasteiger partial charge in [-0.2, -0.15) is 0 Å². The van der Waals surface area contributed by atoms with Crippen LogP contribution in [-0.2, 0) is 6.42 Å². The van der Waals surface area contributed by atoms with Crippen LogP contribution >= 0.6 is 11.6 Å². The third-order valence-electron chi connectivity index (χ3n) is 7.31. The molecule has 0 heterocycles. The number of nitrogens with one attached hydrogen (secondary N) is 2. The van der Waals surface area contributed by atoms with Gasteiger partial charge in [-0.3, -0.25) is 4.79 Å². The third-order valence-corrected chi connectivity index (χ3v) is 7.64. The highest BCUT2D eigenvalue weighted by atomic mass is 35.5. The fourth-order valence-corrected chi connectivity index (χ4v) is 5.74. The van der Waals surface area contributed by atoms with Crippen LogP contribution in [0.4, 0.5) is 0 Å². The van der Waals surface area contributed by atoms with Gasteiger partial charge in [-0.15, -0.1) is 0 Å². The minimum absolute atomic E-state index is 0. The van der Waals surface area contributed by atoms with Crippen LogP contribution in [0.15, 0.2) is 18.2 Å². The topological polar surface area (TPSA) is 61.4 Å². The van der Waals surface area contributed by atoms with Crippen LogP contribution in [0.5, 0.6) is 0 Å². The maximum Gasteiger partial charge on any atom is 0.252 e. The van der Waals surface area contributed by atoms with Crippen molar-refractivity contribution in [2.24, 2.45) is 11.3 Å². The first-order valence-electron chi connectivity index (χ1n) is 12.0. The maximum absolute atomic E-state index is 12.9. The van der Waals surface area contributed by atoms with Gasteiger partial charge in [0, 0.05) is 19.2 Å². The molecule has 2 fully saturated rings. The Balaban J connectivity index is 0.00000341. The van der Waals surface area contributed by atoms with E-state index < -0.39 is 0 Å². The molecule has 2 saturated carbocycles. The van der Waals surface area contributed by atoms with Gasteiger partial charge in [0.2, 0.25) is 0 Å². The highest BCUT2D eigenvalue weighted by molar-refractivity contribution is 6.33. The highest BCUT2D eigenvalue weighted by Crippen LogP contribution is 2.48. The van der Waals surface area contributed by atoms with E-state index in [0.29, 0.717) is 22.0 Å². The molecule has 1 atom stereocenters. The predicted molar refractivity (Wildman–Crippen MR) is 131 cm³/mol. The lowest BCUT2D eigenvalue weighted by atomic mass is 9.62. The molecule has 176 valence electrons. The molecule has 0 saturated heterocycles. The van der Waals surface area contributed by atoms with Crippen LogP contribution in [0.25, 0.3) is 0 Å². The van der Waals surface area contributed by atoms with E-state index in [1.54, 1.807) is 0 Å². The van der Waals surface area contributed by atoms with E-state index in [1.165, 1.54) is 44.9 Å². The number of aliphatic hydroxyl groups excluding tert-OH is 1. The number of hydrogen-bond acceptors (Lipinski definition) is 3. The van der Waals surface area contributed by atoms with Gasteiger partial charge in [-0.05, 0) is 80.5 Å². The zero-order valence-corrected chi connectivity index (χ0v) is 19.3. The Morgan fingerprint density at radius 1 is 1.29 bits per heavy atom. The Hall–Kier alpha value is -1.10. The minimum atomic E-state index is -0.0314. The van der Waals surface area contributed by atoms with Crippen molar-refractivity contribution in [2.75, 3.05) is 19.7 Å². The van der Waals surface area contributed by atoms with Crippen LogP contribution in [0.1, 0.15) is 94.5 Å². The SMILES string of the molecule is C.CCC(CCO)NCCCc1ccc(Cl)c(C(=O)NCC23CCCC(CCC2)C3)c1. The van der Waals surface area contributed by atoms with Crippen molar-refractivity contribution in [3.8, 4) is 0 Å². The van der Waals surface area contributed by atoms with Crippen molar-refractivity contribution < 1.29 is 9.90 Å². The van der Waals surface area contributed by atoms with Gasteiger partial charge < -0.3 is 15.7 Å². The molecule has 0 spiro atoms. The van der Waals surface area contributed by atoms with E-state index in [2.05, 4.69) is 17.6 Å². The van der Waals surface area contributed by atoms with Crippen molar-refractivity contribution in [3.05, 3.63) is 34.3 Å². The standard InChI is InChI=1S/C25H39ClN2O2.CH4/c1-2-21(11-15-29)27-14-5-8-19-9-10-23(26)22(16-19)24(30)28-18-25-12-3-6-20(17-25)7-4-13-25;/h9-10,16,20-21,27,29H,2-8,11-15,17-18H2,1H3,(H,28,30);1H4. The number of amides is 1. The lowest BCUT2D eigenvalue weighted by Gasteiger charge is -2.45. The first-order chi connectivity index (χ1) is 14.5. The van der Waals surface area contributed by atoms with Crippen molar-refractivity contribution in [2.45, 2.75) is 91.0 Å². The summed E-state index contributed by atoms with van der Waals surface area (Å²) in [4.78, 5) is 12.9. The summed E-state index contributed by atoms with van der Waals surface area (Å²) in [6.07, 6.45) is 12.9. The molecule has 4 nitrogen and oxygen atoms in total. The average molecular weight is 451 g/mol. The van der Waals surface area contributed by atoms with Gasteiger partial charge in [0.05, 0.1) is 10.6 Å². The summed E-state index contributed by atoms with van der Waals surface area (Å²) in [5.74, 6) is 0.839. The van der Waals surface area contributed by atoms with Gasteiger partial charge in [0.25, 0.3) is 5.91 Å². The van der Waals surface area contributed by atoms with E-state index in [-0.39, 0.29) is 19.9 Å². The Kier molecular flexibility index (Phi) is 10.8. The largest absolute Gasteiger partial charge is 0.396 e. The van der Waals surface area contributed by atoms with Crippen molar-refractivity contribution >= 4 is 17.5 Å². The molecule has 0 radical (unpaired) electrons. The molecule has 1 aromatic carbocycles. The van der Waals surface area contributed by atoms with Crippen LogP contribution in [0.3, 0.4) is 0 Å². The zero-order valence-electron chi connectivity index (χ0n) is 18.5. The average Bonchev–Trinajstić information content (AvgIpc) is 2.75. The molecule has 5 heteroatoms. The van der Waals surface area contributed by atoms with Crippen LogP contribution in [0.2, 0.25) is 5.02 Å². The van der Waals surface area contributed by atoms with Crippen LogP contribution in [0, 0.1) is 11.3 Å². The number of aliphatic hydroxyl groups is 1. The monoisotopic (exact) mass is 450 g/mol. The van der Waals surface area contributed by atoms with Crippen LogP contribution < -0.4 is 10.6 Å². The first kappa shape index (κ1) is 26.2. The second kappa shape index (κ2) is 12.8. The van der Waals surface area contributed by atoms with Crippen LogP contribution in [-0.4, -0.2) is 36.8 Å². The van der Waals surface area contributed by atoms with Crippen molar-refractivity contribution in [1.82, 2.24) is 10.6 Å². The number of aryl methyl sites for hydroxylation is 1. The molecular weight excluding hydrogens is 408 g/mol. The summed E-state index contributed by atoms with van der Waals surface area (Å²) in [6.45, 7) is 4.06. The summed E-state index contributed by atoms with van der Waals surface area (Å²) in [5, 5.41) is 16.4. The quantitative estimate of drug-likeness (QED) is 0.376. The smallest absolute Gasteiger partial charge is 0.252 e. The summed E-state index contributed by atoms with van der Waals surface area (Å²) < 4.78 is 0. The summed E-state index contributed by atoms with van der Waals surface area (Å²) >= 11 is 6.38. The molecule has 0 aliphatic heterocycles. The number of carbonyl (C=O) groups excluding carboxylic acids is 1. The van der Waals surface area contributed by atoms with E-state index >= 15 is 0 Å². The van der Waals surface area contributed by atoms with Gasteiger partial charge in [0.15, 0.2) is 0 Å². The molecule has 1 unspecified atom stereocenters. The zero-order chi connectivity index (χ0) is 21.4. The summed E-state index contributed by atoms with van der Waals surface area (Å²) in [6, 6.07) is 6.22. The Morgan fingerprint density at radius 2 is 2.03 bits per heavy atom. The molecule has 1 amide bonds. The third kappa shape index (κ3) is 7.47. The fraction of sp³-hybridized carbons (Fsp3) is 0.731. The fourth-order valence-electron chi connectivity index (χ4n) is 5.54. The lowest BCUT2D eigenvalue weighted by molar-refractivity contribution is 0.0681. The van der Waals surface area contributed by atoms with Crippen molar-refractivity contribution in [1.29, 1.82) is 0 Å². The minimum Gasteiger partial charge on any atom is -0.396 e. The Morgan fingerprint density at radius 3 is 2.71 bits per heavy atom. The normalized spacial score (nSPS) is 23.6. The summed E-state index contributed by atoms with van der Waals surface area (Å²) in [7, 11) is 0. The van der Waals surface area contributed by atoms with E-state index in [4.69, 9.17) is 16.7 Å². The molecule has 0 aromatic heterocycles. The van der Waals surface area contributed by atoms with Gasteiger partial charge >= 0.3 is 0 Å². The first-order valence-corrected chi connectivity index (χ1v) is 12.3. The second-order valence-corrected chi connectivity index (χ2v) is 9.93. The molecule has 2 aliphatic carbocycles. The molecule has 31 heavy (non-hydrogen) atoms. The van der Waals surface area contributed by atoms with Gasteiger partial charge in [-0.1, -0.05) is 57.7 Å². The number of halogens is 1. The number of fused-ring (bicyclic) bond motifs is 2. The number of rotatable bonds is 11. The summed E-state index contributed by atoms with van der Waals surface area (Å²) in [5.41, 5.74) is 2.07. The second-order valence-electron chi connectivity index (χ2n) is 9.53. The Bertz CT molecular complexity index is 684. The van der Waals surface area contributed by atoms with E-state index in [9.17, 15) is 4.79 Å². The molecule has 3 rings (SSSR count). The molecular formula is C26H43ClN2O2. The molecule has 2 aliphatic rings. The number of hydrogen-bond donors (Lipinski definition) is 3. The molecule has 2 bridgehead atoms. The van der Waals surface area contributed by atoms with E-state index in [1.807, 2.05) is 18.2 Å². The predicted octanol–water partition coefficient (Wildman–Crippen LogP) is 5.75. The number of carbonyl (C=O) groups is 1. The van der Waals surface area contributed by atoms with Crippen molar-refractivity contribution in [3.63, 3.8) is 0 Å². The number of benzene rings is 1. The maximum atomic E-state index is 12.9. The molecule has 3 N–H and O–H groups in total. The van der Waals surface area contributed by atoms with Gasteiger partial charge in [0.1, 0.15) is 0 Å². The lowest BCUT2D eigenvalue weighted by Crippen LogP contribution is -2.43.